The minimum Gasteiger partial charge on any atom is -0.497 e. The second-order valence-corrected chi connectivity index (χ2v) is 4.28. The maximum atomic E-state index is 12.0. The van der Waals surface area contributed by atoms with Crippen molar-refractivity contribution in [3.8, 4) is 5.75 Å². The van der Waals surface area contributed by atoms with Crippen LogP contribution in [0.15, 0.2) is 42.6 Å². The maximum Gasteiger partial charge on any atom is 0.179 e. The zero-order valence-electron chi connectivity index (χ0n) is 10.7. The van der Waals surface area contributed by atoms with Crippen LogP contribution in [0.2, 0.25) is 0 Å². The fraction of sp³-hybridized carbons (Fsp3) is 0.267. The van der Waals surface area contributed by atoms with Crippen molar-refractivity contribution in [3.63, 3.8) is 0 Å². The average molecular weight is 243 g/mol. The zero-order chi connectivity index (χ0) is 13.0. The molecule has 1 aromatic heterocycles. The molecule has 2 rings (SSSR count). The van der Waals surface area contributed by atoms with Gasteiger partial charge in [0.05, 0.1) is 12.8 Å². The van der Waals surface area contributed by atoms with E-state index in [-0.39, 0.29) is 5.78 Å². The summed E-state index contributed by atoms with van der Waals surface area (Å²) in [7, 11) is 3.54. The van der Waals surface area contributed by atoms with Crippen molar-refractivity contribution in [1.29, 1.82) is 0 Å². The smallest absolute Gasteiger partial charge is 0.179 e. The topological polar surface area (TPSA) is 31.2 Å². The van der Waals surface area contributed by atoms with E-state index in [0.29, 0.717) is 6.42 Å². The lowest BCUT2D eigenvalue weighted by Crippen LogP contribution is -2.06. The molecule has 0 amide bonds. The van der Waals surface area contributed by atoms with Crippen molar-refractivity contribution in [2.75, 3.05) is 7.11 Å². The number of aryl methyl sites for hydroxylation is 2. The number of rotatable bonds is 5. The molecule has 3 nitrogen and oxygen atoms in total. The summed E-state index contributed by atoms with van der Waals surface area (Å²) in [6.07, 6.45) is 3.18. The van der Waals surface area contributed by atoms with Gasteiger partial charge >= 0.3 is 0 Å². The number of ether oxygens (including phenoxy) is 1. The molecule has 0 unspecified atom stereocenters. The minimum atomic E-state index is 0.179. The van der Waals surface area contributed by atoms with E-state index in [2.05, 4.69) is 0 Å². The summed E-state index contributed by atoms with van der Waals surface area (Å²) in [4.78, 5) is 12.0. The predicted molar refractivity (Wildman–Crippen MR) is 71.1 cm³/mol. The molecule has 94 valence electrons. The lowest BCUT2D eigenvalue weighted by atomic mass is 10.1. The molecule has 1 aromatic carbocycles. The van der Waals surface area contributed by atoms with Gasteiger partial charge < -0.3 is 9.30 Å². The summed E-state index contributed by atoms with van der Waals surface area (Å²) in [5.74, 6) is 1.02. The quantitative estimate of drug-likeness (QED) is 0.756. The molecule has 0 fully saturated rings. The standard InChI is InChI=1S/C15H17NO2/c1-16-11-3-4-14(16)15(17)10-7-12-5-8-13(18-2)9-6-12/h3-6,8-9,11H,7,10H2,1-2H3. The van der Waals surface area contributed by atoms with Crippen LogP contribution in [0.5, 0.6) is 5.75 Å². The lowest BCUT2D eigenvalue weighted by molar-refractivity contribution is 0.0975. The highest BCUT2D eigenvalue weighted by Gasteiger charge is 2.08. The molecular formula is C15H17NO2. The predicted octanol–water partition coefficient (Wildman–Crippen LogP) is 2.85. The average Bonchev–Trinajstić information content (AvgIpc) is 2.83. The van der Waals surface area contributed by atoms with Crippen LogP contribution in [0, 0.1) is 0 Å². The SMILES string of the molecule is COc1ccc(CCC(=O)c2cccn2C)cc1. The maximum absolute atomic E-state index is 12.0. The first-order valence-electron chi connectivity index (χ1n) is 5.98. The fourth-order valence-corrected chi connectivity index (χ4v) is 1.93. The molecule has 0 saturated heterocycles. The number of carbonyl (C=O) groups excluding carboxylic acids is 1. The van der Waals surface area contributed by atoms with Crippen LogP contribution in [0.1, 0.15) is 22.5 Å². The number of ketones is 1. The van der Waals surface area contributed by atoms with E-state index in [9.17, 15) is 4.79 Å². The van der Waals surface area contributed by atoms with Gasteiger partial charge in [-0.2, -0.15) is 0 Å². The van der Waals surface area contributed by atoms with E-state index < -0.39 is 0 Å². The van der Waals surface area contributed by atoms with Crippen LogP contribution in [0.3, 0.4) is 0 Å². The van der Waals surface area contributed by atoms with Crippen molar-refractivity contribution in [2.24, 2.45) is 7.05 Å². The Bertz CT molecular complexity index is 526. The van der Waals surface area contributed by atoms with Gasteiger partial charge in [-0.15, -0.1) is 0 Å². The third kappa shape index (κ3) is 2.80. The first-order valence-corrected chi connectivity index (χ1v) is 5.98. The molecule has 18 heavy (non-hydrogen) atoms. The van der Waals surface area contributed by atoms with E-state index >= 15 is 0 Å². The van der Waals surface area contributed by atoms with Crippen LogP contribution in [0.4, 0.5) is 0 Å². The fourth-order valence-electron chi connectivity index (χ4n) is 1.93. The number of benzene rings is 1. The Kier molecular flexibility index (Phi) is 3.82. The summed E-state index contributed by atoms with van der Waals surface area (Å²) < 4.78 is 6.96. The summed E-state index contributed by atoms with van der Waals surface area (Å²) >= 11 is 0. The van der Waals surface area contributed by atoms with Crippen LogP contribution in [0.25, 0.3) is 0 Å². The Hall–Kier alpha value is -2.03. The van der Waals surface area contributed by atoms with Gasteiger partial charge in [-0.25, -0.2) is 0 Å². The molecular weight excluding hydrogens is 226 g/mol. The first kappa shape index (κ1) is 12.4. The van der Waals surface area contributed by atoms with Gasteiger partial charge in [0.1, 0.15) is 5.75 Å². The lowest BCUT2D eigenvalue weighted by Gasteiger charge is -2.04. The van der Waals surface area contributed by atoms with Gasteiger partial charge in [-0.05, 0) is 36.2 Å². The van der Waals surface area contributed by atoms with Crippen molar-refractivity contribution < 1.29 is 9.53 Å². The molecule has 0 bridgehead atoms. The number of carbonyl (C=O) groups is 1. The molecule has 0 aliphatic carbocycles. The monoisotopic (exact) mass is 243 g/mol. The van der Waals surface area contributed by atoms with Gasteiger partial charge in [-0.1, -0.05) is 12.1 Å². The summed E-state index contributed by atoms with van der Waals surface area (Å²) in [5.41, 5.74) is 1.92. The molecule has 0 spiro atoms. The van der Waals surface area contributed by atoms with Crippen molar-refractivity contribution in [3.05, 3.63) is 53.9 Å². The Labute approximate surface area is 107 Å². The number of hydrogen-bond donors (Lipinski definition) is 0. The Balaban J connectivity index is 1.95. The second kappa shape index (κ2) is 5.54. The second-order valence-electron chi connectivity index (χ2n) is 4.28. The highest BCUT2D eigenvalue weighted by molar-refractivity contribution is 5.94. The number of hydrogen-bond acceptors (Lipinski definition) is 2. The normalized spacial score (nSPS) is 10.3. The van der Waals surface area contributed by atoms with Gasteiger partial charge in [0.2, 0.25) is 0 Å². The third-order valence-electron chi connectivity index (χ3n) is 3.03. The van der Waals surface area contributed by atoms with E-state index in [1.54, 1.807) is 7.11 Å². The summed E-state index contributed by atoms with van der Waals surface area (Å²) in [5, 5.41) is 0. The van der Waals surface area contributed by atoms with Gasteiger partial charge in [0.25, 0.3) is 0 Å². The van der Waals surface area contributed by atoms with Gasteiger partial charge in [-0.3, -0.25) is 4.79 Å². The molecule has 0 aliphatic rings. The van der Waals surface area contributed by atoms with E-state index in [1.165, 1.54) is 0 Å². The van der Waals surface area contributed by atoms with Crippen LogP contribution < -0.4 is 4.74 Å². The third-order valence-corrected chi connectivity index (χ3v) is 3.03. The number of aromatic nitrogens is 1. The number of nitrogens with zero attached hydrogens (tertiary/aromatic N) is 1. The molecule has 0 aliphatic heterocycles. The zero-order valence-corrected chi connectivity index (χ0v) is 10.7. The van der Waals surface area contributed by atoms with E-state index in [0.717, 1.165) is 23.4 Å². The van der Waals surface area contributed by atoms with Gasteiger partial charge in [0, 0.05) is 19.7 Å². The molecule has 2 aromatic rings. The summed E-state index contributed by atoms with van der Waals surface area (Å²) in [6.45, 7) is 0. The van der Waals surface area contributed by atoms with E-state index in [1.807, 2.05) is 54.2 Å². The molecule has 1 heterocycles. The van der Waals surface area contributed by atoms with Crippen LogP contribution in [-0.4, -0.2) is 17.5 Å². The molecule has 0 atom stereocenters. The Morgan fingerprint density at radius 1 is 1.22 bits per heavy atom. The Morgan fingerprint density at radius 2 is 1.94 bits per heavy atom. The molecule has 0 N–H and O–H groups in total. The minimum absolute atomic E-state index is 0.179. The highest BCUT2D eigenvalue weighted by atomic mass is 16.5. The highest BCUT2D eigenvalue weighted by Crippen LogP contribution is 2.14. The van der Waals surface area contributed by atoms with Crippen LogP contribution >= 0.6 is 0 Å². The van der Waals surface area contributed by atoms with Gasteiger partial charge in [0.15, 0.2) is 5.78 Å². The van der Waals surface area contributed by atoms with E-state index in [4.69, 9.17) is 4.74 Å². The first-order chi connectivity index (χ1) is 8.70. The largest absolute Gasteiger partial charge is 0.497 e. The van der Waals surface area contributed by atoms with Crippen LogP contribution in [-0.2, 0) is 13.5 Å². The molecule has 3 heteroatoms. The Morgan fingerprint density at radius 3 is 2.50 bits per heavy atom. The summed E-state index contributed by atoms with van der Waals surface area (Å²) in [6, 6.07) is 11.6. The van der Waals surface area contributed by atoms with Crippen molar-refractivity contribution in [1.82, 2.24) is 4.57 Å². The number of Topliss-reactive ketones (excluding diaryl/α,β-unsaturated/α-hetero) is 1. The van der Waals surface area contributed by atoms with Crippen molar-refractivity contribution in [2.45, 2.75) is 12.8 Å². The number of methoxy groups -OCH3 is 1. The van der Waals surface area contributed by atoms with Crippen molar-refractivity contribution >= 4 is 5.78 Å². The molecule has 0 saturated carbocycles. The molecule has 0 radical (unpaired) electrons.